The molecule has 1 atom stereocenters. The Morgan fingerprint density at radius 3 is 2.64 bits per heavy atom. The van der Waals surface area contributed by atoms with Crippen LogP contribution in [0.4, 0.5) is 5.69 Å². The molecule has 0 spiro atoms. The second kappa shape index (κ2) is 7.19. The van der Waals surface area contributed by atoms with Gasteiger partial charge < -0.3 is 19.4 Å². The Bertz CT molecular complexity index is 1100. The topological polar surface area (TPSA) is 88.8 Å². The fraction of sp³-hybridized carbons (Fsp3) is 0.190. The van der Waals surface area contributed by atoms with Gasteiger partial charge in [0.1, 0.15) is 16.9 Å². The van der Waals surface area contributed by atoms with Crippen molar-refractivity contribution in [1.29, 1.82) is 0 Å². The van der Waals surface area contributed by atoms with Crippen LogP contribution in [0.25, 0.3) is 11.0 Å². The summed E-state index contributed by atoms with van der Waals surface area (Å²) in [5.74, 6) is 0.0539. The number of nitrogens with zero attached hydrogens (tertiary/aromatic N) is 1. The molecule has 2 heterocycles. The number of benzene rings is 2. The van der Waals surface area contributed by atoms with Crippen molar-refractivity contribution in [3.8, 4) is 5.75 Å². The summed E-state index contributed by atoms with van der Waals surface area (Å²) in [7, 11) is 1.57. The number of nitrogens with one attached hydrogen (secondary N) is 1. The molecule has 142 valence electrons. The second-order valence-corrected chi connectivity index (χ2v) is 6.56. The number of rotatable bonds is 4. The molecule has 1 saturated heterocycles. The summed E-state index contributed by atoms with van der Waals surface area (Å²) < 4.78 is 10.3. The predicted molar refractivity (Wildman–Crippen MR) is 104 cm³/mol. The molecule has 0 bridgehead atoms. The van der Waals surface area contributed by atoms with Gasteiger partial charge in [-0.15, -0.1) is 0 Å². The van der Waals surface area contributed by atoms with Gasteiger partial charge in [-0.3, -0.25) is 9.59 Å². The quantitative estimate of drug-likeness (QED) is 0.704. The molecule has 0 aliphatic carbocycles. The lowest BCUT2D eigenvalue weighted by Gasteiger charge is -2.17. The molecule has 2 amide bonds. The van der Waals surface area contributed by atoms with Crippen LogP contribution in [0, 0.1) is 0 Å². The third kappa shape index (κ3) is 3.34. The SMILES string of the molecule is COc1ccc(N2C[C@@H](NC(=O)c3cc4ccccc4oc3=O)CC2=O)cc1. The average Bonchev–Trinajstić information content (AvgIpc) is 3.07. The maximum Gasteiger partial charge on any atom is 0.349 e. The first-order valence-corrected chi connectivity index (χ1v) is 8.83. The number of para-hydroxylation sites is 1. The summed E-state index contributed by atoms with van der Waals surface area (Å²) in [5, 5.41) is 3.43. The maximum atomic E-state index is 12.6. The average molecular weight is 378 g/mol. The molecule has 1 fully saturated rings. The van der Waals surface area contributed by atoms with E-state index in [9.17, 15) is 14.4 Å². The van der Waals surface area contributed by atoms with E-state index >= 15 is 0 Å². The molecule has 3 aromatic rings. The van der Waals surface area contributed by atoms with Crippen LogP contribution in [0.5, 0.6) is 5.75 Å². The van der Waals surface area contributed by atoms with Gasteiger partial charge in [0.25, 0.3) is 5.91 Å². The molecule has 1 N–H and O–H groups in total. The summed E-state index contributed by atoms with van der Waals surface area (Å²) in [6, 6.07) is 15.2. The van der Waals surface area contributed by atoms with Gasteiger partial charge in [0.2, 0.25) is 5.91 Å². The van der Waals surface area contributed by atoms with Crippen molar-refractivity contribution in [1.82, 2.24) is 5.32 Å². The van der Waals surface area contributed by atoms with E-state index in [0.717, 1.165) is 5.69 Å². The second-order valence-electron chi connectivity index (χ2n) is 6.56. The number of hydrogen-bond donors (Lipinski definition) is 1. The van der Waals surface area contributed by atoms with Gasteiger partial charge in [-0.25, -0.2) is 4.79 Å². The van der Waals surface area contributed by atoms with Crippen LogP contribution in [0.15, 0.2) is 63.8 Å². The molecule has 2 aromatic carbocycles. The van der Waals surface area contributed by atoms with Crippen LogP contribution < -0.4 is 20.6 Å². The first kappa shape index (κ1) is 17.8. The Balaban J connectivity index is 1.50. The minimum atomic E-state index is -0.701. The first-order chi connectivity index (χ1) is 13.5. The molecule has 7 nitrogen and oxygen atoms in total. The van der Waals surface area contributed by atoms with E-state index in [2.05, 4.69) is 5.32 Å². The van der Waals surface area contributed by atoms with Crippen LogP contribution in [-0.2, 0) is 4.79 Å². The zero-order valence-corrected chi connectivity index (χ0v) is 15.2. The van der Waals surface area contributed by atoms with Crippen molar-refractivity contribution in [2.24, 2.45) is 0 Å². The Hall–Kier alpha value is -3.61. The lowest BCUT2D eigenvalue weighted by molar-refractivity contribution is -0.117. The number of amides is 2. The predicted octanol–water partition coefficient (Wildman–Crippen LogP) is 2.34. The lowest BCUT2D eigenvalue weighted by atomic mass is 10.1. The molecule has 1 aromatic heterocycles. The zero-order valence-electron chi connectivity index (χ0n) is 15.2. The molecular formula is C21H18N2O5. The number of carbonyl (C=O) groups excluding carboxylic acids is 2. The number of carbonyl (C=O) groups is 2. The maximum absolute atomic E-state index is 12.6. The molecule has 0 saturated carbocycles. The van der Waals surface area contributed by atoms with Gasteiger partial charge in [-0.1, -0.05) is 18.2 Å². The fourth-order valence-corrected chi connectivity index (χ4v) is 3.30. The summed E-state index contributed by atoms with van der Waals surface area (Å²) >= 11 is 0. The highest BCUT2D eigenvalue weighted by atomic mass is 16.5. The highest BCUT2D eigenvalue weighted by Crippen LogP contribution is 2.24. The van der Waals surface area contributed by atoms with Gasteiger partial charge in [0.05, 0.1) is 13.2 Å². The normalized spacial score (nSPS) is 16.4. The summed E-state index contributed by atoms with van der Waals surface area (Å²) in [4.78, 5) is 38.7. The van der Waals surface area contributed by atoms with Crippen LogP contribution in [-0.4, -0.2) is 31.5 Å². The number of fused-ring (bicyclic) bond motifs is 1. The van der Waals surface area contributed by atoms with Gasteiger partial charge in [0.15, 0.2) is 0 Å². The largest absolute Gasteiger partial charge is 0.497 e. The van der Waals surface area contributed by atoms with Crippen LogP contribution in [0.1, 0.15) is 16.8 Å². The third-order valence-electron chi connectivity index (χ3n) is 4.73. The van der Waals surface area contributed by atoms with Gasteiger partial charge in [-0.05, 0) is 36.4 Å². The monoisotopic (exact) mass is 378 g/mol. The van der Waals surface area contributed by atoms with E-state index in [1.165, 1.54) is 6.07 Å². The summed E-state index contributed by atoms with van der Waals surface area (Å²) in [5.41, 5.74) is 0.375. The molecule has 1 aliphatic heterocycles. The van der Waals surface area contributed by atoms with Gasteiger partial charge in [0, 0.05) is 24.0 Å². The summed E-state index contributed by atoms with van der Waals surface area (Å²) in [6.07, 6.45) is 0.163. The van der Waals surface area contributed by atoms with Crippen molar-refractivity contribution < 1.29 is 18.7 Å². The van der Waals surface area contributed by atoms with E-state index < -0.39 is 17.6 Å². The standard InChI is InChI=1S/C21H18N2O5/c1-27-16-8-6-15(7-9-16)23-12-14(11-19(23)24)22-20(25)17-10-13-4-2-3-5-18(13)28-21(17)26/h2-10,14H,11-12H2,1H3,(H,22,25)/t14-/m0/s1. The Kier molecular flexibility index (Phi) is 4.57. The molecule has 4 rings (SSSR count). The van der Waals surface area contributed by atoms with E-state index in [0.29, 0.717) is 23.3 Å². The van der Waals surface area contributed by atoms with E-state index in [1.807, 2.05) is 0 Å². The van der Waals surface area contributed by atoms with E-state index in [1.54, 1.807) is 60.5 Å². The molecular weight excluding hydrogens is 360 g/mol. The highest BCUT2D eigenvalue weighted by molar-refractivity contribution is 5.99. The van der Waals surface area contributed by atoms with Gasteiger partial charge in [-0.2, -0.15) is 0 Å². The Labute approximate surface area is 160 Å². The van der Waals surface area contributed by atoms with Crippen LogP contribution >= 0.6 is 0 Å². The van der Waals surface area contributed by atoms with Crippen molar-refractivity contribution >= 4 is 28.5 Å². The number of hydrogen-bond acceptors (Lipinski definition) is 5. The highest BCUT2D eigenvalue weighted by Gasteiger charge is 2.32. The summed E-state index contributed by atoms with van der Waals surface area (Å²) in [6.45, 7) is 0.329. The van der Waals surface area contributed by atoms with Crippen molar-refractivity contribution in [2.75, 3.05) is 18.6 Å². The Morgan fingerprint density at radius 1 is 1.14 bits per heavy atom. The van der Waals surface area contributed by atoms with Crippen LogP contribution in [0.3, 0.4) is 0 Å². The minimum Gasteiger partial charge on any atom is -0.497 e. The molecule has 7 heteroatoms. The lowest BCUT2D eigenvalue weighted by Crippen LogP contribution is -2.39. The van der Waals surface area contributed by atoms with Crippen molar-refractivity contribution in [3.63, 3.8) is 0 Å². The number of anilines is 1. The van der Waals surface area contributed by atoms with Crippen molar-refractivity contribution in [3.05, 3.63) is 70.6 Å². The molecule has 1 aliphatic rings. The first-order valence-electron chi connectivity index (χ1n) is 8.83. The molecule has 0 unspecified atom stereocenters. The zero-order chi connectivity index (χ0) is 19.7. The fourth-order valence-electron chi connectivity index (χ4n) is 3.30. The van der Waals surface area contributed by atoms with Gasteiger partial charge >= 0.3 is 5.63 Å². The van der Waals surface area contributed by atoms with Crippen LogP contribution in [0.2, 0.25) is 0 Å². The van der Waals surface area contributed by atoms with Crippen molar-refractivity contribution in [2.45, 2.75) is 12.5 Å². The van der Waals surface area contributed by atoms with E-state index in [4.69, 9.17) is 9.15 Å². The molecule has 28 heavy (non-hydrogen) atoms. The molecule has 0 radical (unpaired) electrons. The Morgan fingerprint density at radius 2 is 1.89 bits per heavy atom. The number of methoxy groups -OCH3 is 1. The minimum absolute atomic E-state index is 0.0750. The number of ether oxygens (including phenoxy) is 1. The third-order valence-corrected chi connectivity index (χ3v) is 4.73. The van der Waals surface area contributed by atoms with E-state index in [-0.39, 0.29) is 17.9 Å². The smallest absolute Gasteiger partial charge is 0.349 e.